The minimum absolute atomic E-state index is 0.0138. The molecule has 0 radical (unpaired) electrons. The molecule has 1 atom stereocenters. The van der Waals surface area contributed by atoms with E-state index in [1.165, 1.54) is 25.0 Å². The first-order chi connectivity index (χ1) is 8.81. The fraction of sp³-hybridized carbons (Fsp3) is 0.571. The van der Waals surface area contributed by atoms with Crippen LogP contribution in [0.2, 0.25) is 0 Å². The van der Waals surface area contributed by atoms with E-state index in [4.69, 9.17) is 9.47 Å². The van der Waals surface area contributed by atoms with Gasteiger partial charge < -0.3 is 14.8 Å². The largest absolute Gasteiger partial charge is 0.376 e. The standard InChI is InChI=1S/C14H18FNO2/c15-11-3-1-10(2-4-11)14(7-16-12-5-6-12)18-13-8-17-9-13/h1-4,12-14,16H,5-9H2. The first kappa shape index (κ1) is 12.1. The summed E-state index contributed by atoms with van der Waals surface area (Å²) in [7, 11) is 0. The van der Waals surface area contributed by atoms with Crippen LogP contribution in [-0.4, -0.2) is 31.9 Å². The van der Waals surface area contributed by atoms with Crippen molar-refractivity contribution in [2.45, 2.75) is 31.1 Å². The number of benzene rings is 1. The van der Waals surface area contributed by atoms with Crippen molar-refractivity contribution < 1.29 is 13.9 Å². The van der Waals surface area contributed by atoms with Gasteiger partial charge in [0.05, 0.1) is 19.3 Å². The maximum absolute atomic E-state index is 12.9. The number of nitrogens with one attached hydrogen (secondary N) is 1. The van der Waals surface area contributed by atoms with Crippen LogP contribution >= 0.6 is 0 Å². The van der Waals surface area contributed by atoms with E-state index in [0.29, 0.717) is 19.3 Å². The Balaban J connectivity index is 1.63. The molecule has 2 aliphatic rings. The molecule has 3 rings (SSSR count). The maximum atomic E-state index is 12.9. The molecule has 1 saturated carbocycles. The van der Waals surface area contributed by atoms with Gasteiger partial charge in [0.25, 0.3) is 0 Å². The van der Waals surface area contributed by atoms with Crippen molar-refractivity contribution in [3.63, 3.8) is 0 Å². The van der Waals surface area contributed by atoms with Crippen molar-refractivity contribution in [3.8, 4) is 0 Å². The van der Waals surface area contributed by atoms with E-state index in [9.17, 15) is 4.39 Å². The van der Waals surface area contributed by atoms with Gasteiger partial charge in [0, 0.05) is 12.6 Å². The minimum atomic E-state index is -0.209. The first-order valence-corrected chi connectivity index (χ1v) is 6.53. The number of hydrogen-bond acceptors (Lipinski definition) is 3. The summed E-state index contributed by atoms with van der Waals surface area (Å²) in [6.45, 7) is 2.12. The summed E-state index contributed by atoms with van der Waals surface area (Å²) in [6.07, 6.45) is 2.67. The van der Waals surface area contributed by atoms with Crippen LogP contribution in [0.4, 0.5) is 4.39 Å². The molecule has 1 aliphatic carbocycles. The molecule has 0 aromatic heterocycles. The van der Waals surface area contributed by atoms with Gasteiger partial charge in [-0.05, 0) is 30.5 Å². The monoisotopic (exact) mass is 251 g/mol. The zero-order chi connectivity index (χ0) is 12.4. The minimum Gasteiger partial charge on any atom is -0.376 e. The zero-order valence-electron chi connectivity index (χ0n) is 10.3. The Kier molecular flexibility index (Phi) is 3.59. The maximum Gasteiger partial charge on any atom is 0.123 e. The van der Waals surface area contributed by atoms with E-state index in [0.717, 1.165) is 12.1 Å². The first-order valence-electron chi connectivity index (χ1n) is 6.53. The lowest BCUT2D eigenvalue weighted by Gasteiger charge is -2.31. The van der Waals surface area contributed by atoms with E-state index >= 15 is 0 Å². The van der Waals surface area contributed by atoms with Crippen LogP contribution in [0, 0.1) is 5.82 Å². The molecule has 0 bridgehead atoms. The molecule has 0 spiro atoms. The molecule has 1 saturated heterocycles. The molecular weight excluding hydrogens is 233 g/mol. The van der Waals surface area contributed by atoms with Gasteiger partial charge in [-0.2, -0.15) is 0 Å². The second-order valence-corrected chi connectivity index (χ2v) is 5.02. The number of ether oxygens (including phenoxy) is 2. The molecule has 3 nitrogen and oxygen atoms in total. The van der Waals surface area contributed by atoms with E-state index in [2.05, 4.69) is 5.32 Å². The second-order valence-electron chi connectivity index (χ2n) is 5.02. The normalized spacial score (nSPS) is 21.6. The highest BCUT2D eigenvalue weighted by Crippen LogP contribution is 2.24. The van der Waals surface area contributed by atoms with Gasteiger partial charge in [0.15, 0.2) is 0 Å². The zero-order valence-corrected chi connectivity index (χ0v) is 10.3. The van der Waals surface area contributed by atoms with E-state index in [-0.39, 0.29) is 18.0 Å². The van der Waals surface area contributed by atoms with Crippen molar-refractivity contribution >= 4 is 0 Å². The highest BCUT2D eigenvalue weighted by molar-refractivity contribution is 5.19. The van der Waals surface area contributed by atoms with Crippen LogP contribution in [0.25, 0.3) is 0 Å². The van der Waals surface area contributed by atoms with Crippen LogP contribution in [0.15, 0.2) is 24.3 Å². The Hall–Kier alpha value is -0.970. The van der Waals surface area contributed by atoms with Crippen LogP contribution in [-0.2, 0) is 9.47 Å². The third-order valence-corrected chi connectivity index (χ3v) is 3.38. The Morgan fingerprint density at radius 2 is 2.00 bits per heavy atom. The molecule has 1 N–H and O–H groups in total. The Morgan fingerprint density at radius 1 is 1.28 bits per heavy atom. The quantitative estimate of drug-likeness (QED) is 0.839. The topological polar surface area (TPSA) is 30.5 Å². The summed E-state index contributed by atoms with van der Waals surface area (Å²) in [5.41, 5.74) is 1.02. The van der Waals surface area contributed by atoms with Crippen LogP contribution in [0.1, 0.15) is 24.5 Å². The highest BCUT2D eigenvalue weighted by Gasteiger charge is 2.27. The van der Waals surface area contributed by atoms with Crippen molar-refractivity contribution in [3.05, 3.63) is 35.6 Å². The van der Waals surface area contributed by atoms with Gasteiger partial charge in [0.1, 0.15) is 11.9 Å². The fourth-order valence-electron chi connectivity index (χ4n) is 2.01. The predicted octanol–water partition coefficient (Wildman–Crippen LogP) is 2.03. The van der Waals surface area contributed by atoms with Gasteiger partial charge in [-0.1, -0.05) is 12.1 Å². The molecule has 18 heavy (non-hydrogen) atoms. The molecule has 1 unspecified atom stereocenters. The Bertz CT molecular complexity index is 387. The summed E-state index contributed by atoms with van der Waals surface area (Å²) < 4.78 is 24.0. The van der Waals surface area contributed by atoms with Gasteiger partial charge in [-0.25, -0.2) is 4.39 Å². The number of hydrogen-bond donors (Lipinski definition) is 1. The summed E-state index contributed by atoms with van der Waals surface area (Å²) in [5, 5.41) is 3.46. The van der Waals surface area contributed by atoms with Gasteiger partial charge in [-0.3, -0.25) is 0 Å². The SMILES string of the molecule is Fc1ccc(C(CNC2CC2)OC2COC2)cc1. The molecule has 98 valence electrons. The molecule has 2 fully saturated rings. The second kappa shape index (κ2) is 5.34. The van der Waals surface area contributed by atoms with Gasteiger partial charge >= 0.3 is 0 Å². The lowest BCUT2D eigenvalue weighted by Crippen LogP contribution is -2.39. The molecule has 0 amide bonds. The van der Waals surface area contributed by atoms with Gasteiger partial charge in [-0.15, -0.1) is 0 Å². The van der Waals surface area contributed by atoms with Crippen molar-refractivity contribution in [2.24, 2.45) is 0 Å². The average Bonchev–Trinajstić information content (AvgIpc) is 3.12. The lowest BCUT2D eigenvalue weighted by molar-refractivity contribution is -0.155. The molecule has 1 aliphatic heterocycles. The third-order valence-electron chi connectivity index (χ3n) is 3.38. The lowest BCUT2D eigenvalue weighted by atomic mass is 10.1. The number of halogens is 1. The molecule has 1 aromatic carbocycles. The highest BCUT2D eigenvalue weighted by atomic mass is 19.1. The summed E-state index contributed by atoms with van der Waals surface area (Å²) in [6, 6.07) is 7.22. The average molecular weight is 251 g/mol. The van der Waals surface area contributed by atoms with E-state index < -0.39 is 0 Å². The molecule has 4 heteroatoms. The summed E-state index contributed by atoms with van der Waals surface area (Å²) in [4.78, 5) is 0. The van der Waals surface area contributed by atoms with Crippen molar-refractivity contribution in [1.82, 2.24) is 5.32 Å². The summed E-state index contributed by atoms with van der Waals surface area (Å²) >= 11 is 0. The summed E-state index contributed by atoms with van der Waals surface area (Å²) in [5.74, 6) is -0.209. The van der Waals surface area contributed by atoms with Crippen molar-refractivity contribution in [2.75, 3.05) is 19.8 Å². The van der Waals surface area contributed by atoms with Crippen LogP contribution in [0.3, 0.4) is 0 Å². The molecule has 1 aromatic rings. The smallest absolute Gasteiger partial charge is 0.123 e. The van der Waals surface area contributed by atoms with E-state index in [1.807, 2.05) is 0 Å². The van der Waals surface area contributed by atoms with Crippen LogP contribution < -0.4 is 5.32 Å². The van der Waals surface area contributed by atoms with Crippen molar-refractivity contribution in [1.29, 1.82) is 0 Å². The van der Waals surface area contributed by atoms with Crippen LogP contribution in [0.5, 0.6) is 0 Å². The van der Waals surface area contributed by atoms with E-state index in [1.54, 1.807) is 12.1 Å². The Morgan fingerprint density at radius 3 is 2.56 bits per heavy atom. The third kappa shape index (κ3) is 3.07. The molecular formula is C14H18FNO2. The Labute approximate surface area is 106 Å². The molecule has 1 heterocycles. The fourth-order valence-corrected chi connectivity index (χ4v) is 2.01. The number of rotatable bonds is 6. The predicted molar refractivity (Wildman–Crippen MR) is 65.9 cm³/mol. The van der Waals surface area contributed by atoms with Gasteiger partial charge in [0.2, 0.25) is 0 Å².